The topological polar surface area (TPSA) is 59.6 Å². The molecular formula is C23H24N2O3. The third kappa shape index (κ3) is 6.06. The Morgan fingerprint density at radius 1 is 0.857 bits per heavy atom. The van der Waals surface area contributed by atoms with Crippen LogP contribution in [0.2, 0.25) is 0 Å². The number of para-hydroxylation sites is 1. The van der Waals surface area contributed by atoms with E-state index in [0.29, 0.717) is 6.54 Å². The van der Waals surface area contributed by atoms with Gasteiger partial charge in [0.25, 0.3) is 0 Å². The monoisotopic (exact) mass is 376 g/mol. The molecule has 1 amide bonds. The van der Waals surface area contributed by atoms with E-state index in [0.717, 1.165) is 34.9 Å². The second-order valence-corrected chi connectivity index (χ2v) is 6.24. The lowest BCUT2D eigenvalue weighted by molar-refractivity contribution is -0.119. The van der Waals surface area contributed by atoms with Gasteiger partial charge >= 0.3 is 0 Å². The average molecular weight is 376 g/mol. The molecule has 0 aromatic heterocycles. The fourth-order valence-corrected chi connectivity index (χ4v) is 2.68. The van der Waals surface area contributed by atoms with Gasteiger partial charge in [-0.2, -0.15) is 0 Å². The smallest absolute Gasteiger partial charge is 0.239 e. The number of rotatable bonds is 9. The first-order chi connectivity index (χ1) is 13.7. The van der Waals surface area contributed by atoms with Crippen molar-refractivity contribution in [2.24, 2.45) is 0 Å². The number of amides is 1. The summed E-state index contributed by atoms with van der Waals surface area (Å²) >= 11 is 0. The number of hydrogen-bond donors (Lipinski definition) is 2. The number of anilines is 1. The van der Waals surface area contributed by atoms with E-state index in [-0.39, 0.29) is 12.5 Å². The molecule has 0 unspecified atom stereocenters. The fourth-order valence-electron chi connectivity index (χ4n) is 2.68. The maximum Gasteiger partial charge on any atom is 0.239 e. The van der Waals surface area contributed by atoms with Crippen LogP contribution >= 0.6 is 0 Å². The molecule has 3 aromatic carbocycles. The van der Waals surface area contributed by atoms with E-state index in [1.54, 1.807) is 7.11 Å². The Kier molecular flexibility index (Phi) is 6.90. The minimum Gasteiger partial charge on any atom is -0.497 e. The summed E-state index contributed by atoms with van der Waals surface area (Å²) in [6.07, 6.45) is 0.758. The van der Waals surface area contributed by atoms with Gasteiger partial charge in [0.1, 0.15) is 17.2 Å². The highest BCUT2D eigenvalue weighted by Crippen LogP contribution is 2.22. The lowest BCUT2D eigenvalue weighted by atomic mass is 10.1. The molecule has 5 heteroatoms. The zero-order valence-corrected chi connectivity index (χ0v) is 15.9. The molecule has 0 saturated carbocycles. The molecule has 0 bridgehead atoms. The highest BCUT2D eigenvalue weighted by molar-refractivity contribution is 5.80. The Morgan fingerprint density at radius 3 is 2.32 bits per heavy atom. The van der Waals surface area contributed by atoms with Gasteiger partial charge in [0, 0.05) is 12.2 Å². The molecule has 5 nitrogen and oxygen atoms in total. The molecule has 0 spiro atoms. The van der Waals surface area contributed by atoms with Crippen LogP contribution < -0.4 is 20.1 Å². The molecule has 0 heterocycles. The zero-order valence-electron chi connectivity index (χ0n) is 15.9. The second-order valence-electron chi connectivity index (χ2n) is 6.24. The number of benzene rings is 3. The van der Waals surface area contributed by atoms with Gasteiger partial charge < -0.3 is 20.1 Å². The number of methoxy groups -OCH3 is 1. The van der Waals surface area contributed by atoms with Crippen LogP contribution in [0, 0.1) is 0 Å². The van der Waals surface area contributed by atoms with Gasteiger partial charge in [-0.05, 0) is 60.5 Å². The standard InChI is InChI=1S/C23H24N2O3/c1-27-22-9-5-6-18(16-22)14-15-24-23(26)17-25-19-10-12-21(13-11-19)28-20-7-3-2-4-8-20/h2-13,16,25H,14-15,17H2,1H3,(H,24,26). The highest BCUT2D eigenvalue weighted by atomic mass is 16.5. The van der Waals surface area contributed by atoms with Gasteiger partial charge in [-0.1, -0.05) is 30.3 Å². The summed E-state index contributed by atoms with van der Waals surface area (Å²) in [5.74, 6) is 2.32. The first-order valence-electron chi connectivity index (χ1n) is 9.19. The van der Waals surface area contributed by atoms with Crippen molar-refractivity contribution in [3.05, 3.63) is 84.4 Å². The number of hydrogen-bond acceptors (Lipinski definition) is 4. The molecule has 0 radical (unpaired) electrons. The Morgan fingerprint density at radius 2 is 1.57 bits per heavy atom. The molecule has 144 valence electrons. The van der Waals surface area contributed by atoms with Gasteiger partial charge in [0.05, 0.1) is 13.7 Å². The summed E-state index contributed by atoms with van der Waals surface area (Å²) in [5, 5.41) is 6.03. The normalized spacial score (nSPS) is 10.2. The maximum atomic E-state index is 12.0. The van der Waals surface area contributed by atoms with E-state index in [2.05, 4.69) is 10.6 Å². The van der Waals surface area contributed by atoms with Crippen LogP contribution in [0.5, 0.6) is 17.2 Å². The molecule has 3 rings (SSSR count). The minimum atomic E-state index is -0.0486. The lowest BCUT2D eigenvalue weighted by Crippen LogP contribution is -2.31. The zero-order chi connectivity index (χ0) is 19.6. The van der Waals surface area contributed by atoms with Crippen molar-refractivity contribution in [2.45, 2.75) is 6.42 Å². The van der Waals surface area contributed by atoms with Crippen molar-refractivity contribution in [1.29, 1.82) is 0 Å². The number of carbonyl (C=O) groups is 1. The first kappa shape index (κ1) is 19.3. The van der Waals surface area contributed by atoms with Gasteiger partial charge in [0.2, 0.25) is 5.91 Å². The van der Waals surface area contributed by atoms with Crippen LogP contribution in [0.3, 0.4) is 0 Å². The van der Waals surface area contributed by atoms with E-state index in [1.807, 2.05) is 78.9 Å². The van der Waals surface area contributed by atoms with Crippen molar-refractivity contribution < 1.29 is 14.3 Å². The molecule has 0 atom stereocenters. The van der Waals surface area contributed by atoms with E-state index >= 15 is 0 Å². The Labute approximate surface area is 165 Å². The molecule has 0 aliphatic carbocycles. The molecule has 0 aliphatic heterocycles. The van der Waals surface area contributed by atoms with Gasteiger partial charge in [-0.3, -0.25) is 4.79 Å². The summed E-state index contributed by atoms with van der Waals surface area (Å²) < 4.78 is 11.0. The molecule has 2 N–H and O–H groups in total. The van der Waals surface area contributed by atoms with Crippen molar-refractivity contribution in [3.63, 3.8) is 0 Å². The van der Waals surface area contributed by atoms with Crippen LogP contribution in [-0.2, 0) is 11.2 Å². The highest BCUT2D eigenvalue weighted by Gasteiger charge is 2.03. The SMILES string of the molecule is COc1cccc(CCNC(=O)CNc2ccc(Oc3ccccc3)cc2)c1. The average Bonchev–Trinajstić information content (AvgIpc) is 2.74. The van der Waals surface area contributed by atoms with Crippen molar-refractivity contribution in [3.8, 4) is 17.2 Å². The maximum absolute atomic E-state index is 12.0. The summed E-state index contributed by atoms with van der Waals surface area (Å²) in [6.45, 7) is 0.800. The molecule has 3 aromatic rings. The number of carbonyl (C=O) groups excluding carboxylic acids is 1. The molecule has 0 aliphatic rings. The summed E-state index contributed by atoms with van der Waals surface area (Å²) in [5.41, 5.74) is 1.99. The predicted molar refractivity (Wildman–Crippen MR) is 111 cm³/mol. The van der Waals surface area contributed by atoms with Crippen LogP contribution in [-0.4, -0.2) is 26.1 Å². The van der Waals surface area contributed by atoms with Crippen LogP contribution in [0.25, 0.3) is 0 Å². The van der Waals surface area contributed by atoms with Crippen LogP contribution in [0.4, 0.5) is 5.69 Å². The first-order valence-corrected chi connectivity index (χ1v) is 9.19. The Hall–Kier alpha value is -3.47. The summed E-state index contributed by atoms with van der Waals surface area (Å²) in [4.78, 5) is 12.0. The second kappa shape index (κ2) is 10.0. The third-order valence-electron chi connectivity index (χ3n) is 4.16. The summed E-state index contributed by atoms with van der Waals surface area (Å²) in [7, 11) is 1.65. The fraction of sp³-hybridized carbons (Fsp3) is 0.174. The van der Waals surface area contributed by atoms with Crippen molar-refractivity contribution in [1.82, 2.24) is 5.32 Å². The minimum absolute atomic E-state index is 0.0486. The van der Waals surface area contributed by atoms with Crippen LogP contribution in [0.1, 0.15) is 5.56 Å². The van der Waals surface area contributed by atoms with E-state index in [9.17, 15) is 4.79 Å². The number of ether oxygens (including phenoxy) is 2. The third-order valence-corrected chi connectivity index (χ3v) is 4.16. The van der Waals surface area contributed by atoms with Crippen molar-refractivity contribution in [2.75, 3.05) is 25.5 Å². The van der Waals surface area contributed by atoms with Gasteiger partial charge in [-0.15, -0.1) is 0 Å². The molecule has 0 saturated heterocycles. The summed E-state index contributed by atoms with van der Waals surface area (Å²) in [6, 6.07) is 25.0. The largest absolute Gasteiger partial charge is 0.497 e. The molecule has 28 heavy (non-hydrogen) atoms. The van der Waals surface area contributed by atoms with E-state index in [1.165, 1.54) is 0 Å². The van der Waals surface area contributed by atoms with E-state index < -0.39 is 0 Å². The Bertz CT molecular complexity index is 880. The quantitative estimate of drug-likeness (QED) is 0.586. The van der Waals surface area contributed by atoms with Crippen molar-refractivity contribution >= 4 is 11.6 Å². The molecule has 0 fully saturated rings. The number of nitrogens with one attached hydrogen (secondary N) is 2. The van der Waals surface area contributed by atoms with E-state index in [4.69, 9.17) is 9.47 Å². The van der Waals surface area contributed by atoms with Gasteiger partial charge in [-0.25, -0.2) is 0 Å². The van der Waals surface area contributed by atoms with Gasteiger partial charge in [0.15, 0.2) is 0 Å². The lowest BCUT2D eigenvalue weighted by Gasteiger charge is -2.10. The predicted octanol–water partition coefficient (Wildman–Crippen LogP) is 4.26. The van der Waals surface area contributed by atoms with Crippen LogP contribution in [0.15, 0.2) is 78.9 Å². The molecular weight excluding hydrogens is 352 g/mol. The Balaban J connectivity index is 1.39.